The molecule has 1 amide bonds. The molecular weight excluding hydrogens is 360 g/mol. The number of nitrogens with one attached hydrogen (secondary N) is 1. The third-order valence-corrected chi connectivity index (χ3v) is 3.34. The molecule has 0 fully saturated rings. The number of aliphatic carboxylic acids is 1. The van der Waals surface area contributed by atoms with Gasteiger partial charge >= 0.3 is 5.97 Å². The summed E-state index contributed by atoms with van der Waals surface area (Å²) in [5, 5.41) is 13.1. The van der Waals surface area contributed by atoms with Gasteiger partial charge in [0.15, 0.2) is 12.7 Å². The molecular formula is C18H17ClN2O5. The van der Waals surface area contributed by atoms with Crippen LogP contribution in [0.1, 0.15) is 12.5 Å². The van der Waals surface area contributed by atoms with Crippen LogP contribution in [0, 0.1) is 0 Å². The van der Waals surface area contributed by atoms with Crippen molar-refractivity contribution in [2.24, 2.45) is 5.10 Å². The first-order valence-electron chi connectivity index (χ1n) is 7.64. The van der Waals surface area contributed by atoms with E-state index in [1.807, 2.05) is 0 Å². The molecule has 2 aromatic rings. The molecule has 0 saturated heterocycles. The summed E-state index contributed by atoms with van der Waals surface area (Å²) in [4.78, 5) is 22.4. The van der Waals surface area contributed by atoms with Crippen molar-refractivity contribution in [2.75, 3.05) is 6.61 Å². The van der Waals surface area contributed by atoms with E-state index < -0.39 is 18.0 Å². The fraction of sp³-hybridized carbons (Fsp3) is 0.167. The number of amides is 1. The topological polar surface area (TPSA) is 97.2 Å². The van der Waals surface area contributed by atoms with Gasteiger partial charge in [-0.05, 0) is 55.0 Å². The van der Waals surface area contributed by atoms with Crippen LogP contribution in [0.25, 0.3) is 0 Å². The van der Waals surface area contributed by atoms with Gasteiger partial charge in [-0.15, -0.1) is 0 Å². The second kappa shape index (κ2) is 9.43. The molecule has 0 radical (unpaired) electrons. The SMILES string of the molecule is C[C@@H](Oc1ccc(/C=N/NC(=O)COc2cccc(Cl)c2)cc1)C(=O)O. The van der Waals surface area contributed by atoms with Crippen LogP contribution in [0.3, 0.4) is 0 Å². The van der Waals surface area contributed by atoms with E-state index in [1.54, 1.807) is 48.5 Å². The Labute approximate surface area is 155 Å². The molecule has 1 atom stereocenters. The molecule has 0 spiro atoms. The normalized spacial score (nSPS) is 11.8. The molecule has 0 aliphatic carbocycles. The van der Waals surface area contributed by atoms with E-state index in [2.05, 4.69) is 10.5 Å². The van der Waals surface area contributed by atoms with Crippen molar-refractivity contribution >= 4 is 29.7 Å². The Kier molecular flexibility index (Phi) is 6.99. The molecule has 2 rings (SSSR count). The van der Waals surface area contributed by atoms with Gasteiger partial charge in [0.05, 0.1) is 6.21 Å². The summed E-state index contributed by atoms with van der Waals surface area (Å²) in [5.41, 5.74) is 3.05. The summed E-state index contributed by atoms with van der Waals surface area (Å²) >= 11 is 5.82. The zero-order valence-electron chi connectivity index (χ0n) is 13.9. The van der Waals surface area contributed by atoms with Gasteiger partial charge in [0.25, 0.3) is 5.91 Å². The average molecular weight is 377 g/mol. The first kappa shape index (κ1) is 19.3. The number of nitrogens with zero attached hydrogens (tertiary/aromatic N) is 1. The Morgan fingerprint density at radius 2 is 1.96 bits per heavy atom. The molecule has 2 aromatic carbocycles. The van der Waals surface area contributed by atoms with E-state index in [1.165, 1.54) is 13.1 Å². The van der Waals surface area contributed by atoms with E-state index in [-0.39, 0.29) is 6.61 Å². The van der Waals surface area contributed by atoms with Crippen LogP contribution in [-0.4, -0.2) is 35.9 Å². The predicted molar refractivity (Wildman–Crippen MR) is 96.9 cm³/mol. The number of rotatable bonds is 8. The Balaban J connectivity index is 1.78. The van der Waals surface area contributed by atoms with Gasteiger partial charge in [-0.25, -0.2) is 10.2 Å². The summed E-state index contributed by atoms with van der Waals surface area (Å²) in [7, 11) is 0. The van der Waals surface area contributed by atoms with Crippen molar-refractivity contribution in [1.29, 1.82) is 0 Å². The van der Waals surface area contributed by atoms with Gasteiger partial charge in [-0.1, -0.05) is 17.7 Å². The minimum Gasteiger partial charge on any atom is -0.484 e. The number of carbonyl (C=O) groups excluding carboxylic acids is 1. The third-order valence-electron chi connectivity index (χ3n) is 3.11. The lowest BCUT2D eigenvalue weighted by molar-refractivity contribution is -0.144. The Hall–Kier alpha value is -3.06. The van der Waals surface area contributed by atoms with Crippen molar-refractivity contribution in [1.82, 2.24) is 5.43 Å². The number of carboxylic acids is 1. The molecule has 0 unspecified atom stereocenters. The quantitative estimate of drug-likeness (QED) is 0.545. The van der Waals surface area contributed by atoms with Gasteiger partial charge in [-0.2, -0.15) is 5.10 Å². The molecule has 7 nitrogen and oxygen atoms in total. The maximum atomic E-state index is 11.7. The molecule has 0 aliphatic rings. The molecule has 0 aliphatic heterocycles. The second-order valence-electron chi connectivity index (χ2n) is 5.21. The van der Waals surface area contributed by atoms with E-state index >= 15 is 0 Å². The van der Waals surface area contributed by atoms with E-state index in [0.717, 1.165) is 0 Å². The molecule has 0 heterocycles. The minimum absolute atomic E-state index is 0.197. The highest BCUT2D eigenvalue weighted by molar-refractivity contribution is 6.30. The molecule has 0 saturated carbocycles. The van der Waals surface area contributed by atoms with E-state index in [4.69, 9.17) is 26.2 Å². The monoisotopic (exact) mass is 376 g/mol. The lowest BCUT2D eigenvalue weighted by atomic mass is 10.2. The first-order valence-corrected chi connectivity index (χ1v) is 8.01. The zero-order valence-corrected chi connectivity index (χ0v) is 14.6. The molecule has 136 valence electrons. The van der Waals surface area contributed by atoms with E-state index in [9.17, 15) is 9.59 Å². The van der Waals surface area contributed by atoms with Gasteiger partial charge in [0.1, 0.15) is 11.5 Å². The smallest absolute Gasteiger partial charge is 0.344 e. The fourth-order valence-corrected chi connectivity index (χ4v) is 1.98. The summed E-state index contributed by atoms with van der Waals surface area (Å²) < 4.78 is 10.5. The van der Waals surface area contributed by atoms with Crippen molar-refractivity contribution in [3.63, 3.8) is 0 Å². The van der Waals surface area contributed by atoms with Crippen molar-refractivity contribution < 1.29 is 24.2 Å². The Morgan fingerprint density at radius 3 is 2.62 bits per heavy atom. The number of hydrazone groups is 1. The molecule has 26 heavy (non-hydrogen) atoms. The lowest BCUT2D eigenvalue weighted by Crippen LogP contribution is -2.24. The summed E-state index contributed by atoms with van der Waals surface area (Å²) in [5.74, 6) is -0.548. The maximum absolute atomic E-state index is 11.7. The Bertz CT molecular complexity index is 792. The van der Waals surface area contributed by atoms with Crippen LogP contribution in [-0.2, 0) is 9.59 Å². The second-order valence-corrected chi connectivity index (χ2v) is 5.64. The van der Waals surface area contributed by atoms with Crippen molar-refractivity contribution in [2.45, 2.75) is 13.0 Å². The predicted octanol–water partition coefficient (Wildman–Crippen LogP) is 2.72. The number of carbonyl (C=O) groups is 2. The summed E-state index contributed by atoms with van der Waals surface area (Å²) in [6.07, 6.45) is 0.509. The van der Waals surface area contributed by atoms with Crippen molar-refractivity contribution in [3.8, 4) is 11.5 Å². The van der Waals surface area contributed by atoms with E-state index in [0.29, 0.717) is 22.1 Å². The number of benzene rings is 2. The molecule has 2 N–H and O–H groups in total. The maximum Gasteiger partial charge on any atom is 0.344 e. The van der Waals surface area contributed by atoms with Crippen LogP contribution in [0.2, 0.25) is 5.02 Å². The van der Waals surface area contributed by atoms with Crippen LogP contribution >= 0.6 is 11.6 Å². The number of halogens is 1. The average Bonchev–Trinajstić information content (AvgIpc) is 2.61. The highest BCUT2D eigenvalue weighted by atomic mass is 35.5. The fourth-order valence-electron chi connectivity index (χ4n) is 1.80. The molecule has 0 bridgehead atoms. The van der Waals surface area contributed by atoms with Crippen LogP contribution < -0.4 is 14.9 Å². The van der Waals surface area contributed by atoms with Crippen LogP contribution in [0.5, 0.6) is 11.5 Å². The summed E-state index contributed by atoms with van der Waals surface area (Å²) in [6, 6.07) is 13.3. The number of hydrogen-bond donors (Lipinski definition) is 2. The largest absolute Gasteiger partial charge is 0.484 e. The molecule has 8 heteroatoms. The van der Waals surface area contributed by atoms with Gasteiger partial charge < -0.3 is 14.6 Å². The molecule has 0 aromatic heterocycles. The highest BCUT2D eigenvalue weighted by Gasteiger charge is 2.11. The first-order chi connectivity index (χ1) is 12.4. The lowest BCUT2D eigenvalue weighted by Gasteiger charge is -2.09. The van der Waals surface area contributed by atoms with Crippen LogP contribution in [0.4, 0.5) is 0 Å². The zero-order chi connectivity index (χ0) is 18.9. The van der Waals surface area contributed by atoms with Gasteiger partial charge in [0, 0.05) is 5.02 Å². The van der Waals surface area contributed by atoms with Crippen LogP contribution in [0.15, 0.2) is 53.6 Å². The number of carboxylic acid groups (broad SMARTS) is 1. The van der Waals surface area contributed by atoms with Gasteiger partial charge in [-0.3, -0.25) is 4.79 Å². The van der Waals surface area contributed by atoms with Gasteiger partial charge in [0.2, 0.25) is 0 Å². The minimum atomic E-state index is -1.04. The Morgan fingerprint density at radius 1 is 1.23 bits per heavy atom. The highest BCUT2D eigenvalue weighted by Crippen LogP contribution is 2.16. The van der Waals surface area contributed by atoms with Crippen molar-refractivity contribution in [3.05, 3.63) is 59.1 Å². The third kappa shape index (κ3) is 6.45. The number of ether oxygens (including phenoxy) is 2. The number of hydrogen-bond acceptors (Lipinski definition) is 5. The standard InChI is InChI=1S/C18H17ClN2O5/c1-12(18(23)24)26-15-7-5-13(6-8-15)10-20-21-17(22)11-25-16-4-2-3-14(19)9-16/h2-10,12H,11H2,1H3,(H,21,22)(H,23,24)/b20-10+/t12-/m1/s1. The summed E-state index contributed by atoms with van der Waals surface area (Å²) in [6.45, 7) is 1.25.